The molecule has 1 aromatic heterocycles. The second-order valence-corrected chi connectivity index (χ2v) is 6.38. The van der Waals surface area contributed by atoms with Crippen molar-refractivity contribution in [1.82, 2.24) is 19.4 Å². The molecule has 1 aliphatic rings. The molecule has 0 aliphatic carbocycles. The zero-order chi connectivity index (χ0) is 13.7. The largest absolute Gasteiger partial charge is 0.394 e. The Balaban J connectivity index is 1.85. The summed E-state index contributed by atoms with van der Waals surface area (Å²) in [6.45, 7) is 3.48. The third kappa shape index (κ3) is 4.00. The zero-order valence-corrected chi connectivity index (χ0v) is 11.6. The second kappa shape index (κ2) is 6.47. The van der Waals surface area contributed by atoms with Crippen molar-refractivity contribution in [1.29, 1.82) is 0 Å². The average molecular weight is 288 g/mol. The lowest BCUT2D eigenvalue weighted by atomic mass is 10.4. The maximum atomic E-state index is 12.0. The highest BCUT2D eigenvalue weighted by atomic mass is 32.2. The summed E-state index contributed by atoms with van der Waals surface area (Å²) in [6.07, 6.45) is 5.11. The molecule has 1 saturated heterocycles. The number of aromatic nitrogens is 2. The molecule has 19 heavy (non-hydrogen) atoms. The lowest BCUT2D eigenvalue weighted by molar-refractivity contribution is 0.269. The fourth-order valence-corrected chi connectivity index (χ4v) is 3.11. The van der Waals surface area contributed by atoms with E-state index in [9.17, 15) is 8.42 Å². The molecule has 0 amide bonds. The summed E-state index contributed by atoms with van der Waals surface area (Å²) in [5.74, 6) is 0. The Morgan fingerprint density at radius 2 is 2.05 bits per heavy atom. The molecule has 0 saturated carbocycles. The van der Waals surface area contributed by atoms with E-state index in [1.807, 2.05) is 0 Å². The number of aliphatic hydroxyl groups excluding tert-OH is 1. The summed E-state index contributed by atoms with van der Waals surface area (Å²) in [5.41, 5.74) is 0. The highest BCUT2D eigenvalue weighted by Crippen LogP contribution is 2.08. The summed E-state index contributed by atoms with van der Waals surface area (Å²) >= 11 is 0. The van der Waals surface area contributed by atoms with Crippen molar-refractivity contribution in [2.75, 3.05) is 32.8 Å². The van der Waals surface area contributed by atoms with Crippen LogP contribution in [0, 0.1) is 0 Å². The van der Waals surface area contributed by atoms with Crippen molar-refractivity contribution in [3.05, 3.63) is 12.4 Å². The molecule has 0 unspecified atom stereocenters. The monoisotopic (exact) mass is 288 g/mol. The van der Waals surface area contributed by atoms with Gasteiger partial charge in [0.15, 0.2) is 0 Å². The topological polar surface area (TPSA) is 87.5 Å². The van der Waals surface area contributed by atoms with Gasteiger partial charge in [0, 0.05) is 19.3 Å². The van der Waals surface area contributed by atoms with E-state index in [-0.39, 0.29) is 11.5 Å². The van der Waals surface area contributed by atoms with Crippen molar-refractivity contribution in [2.45, 2.75) is 24.3 Å². The first-order valence-corrected chi connectivity index (χ1v) is 7.95. The standard InChI is InChI=1S/C11H20N4O3S/c16-8-7-15-10-11(9-12-15)19(17,18)13-3-6-14-4-1-2-5-14/h9-10,13,16H,1-8H2. The molecule has 1 fully saturated rings. The summed E-state index contributed by atoms with van der Waals surface area (Å²) in [7, 11) is -3.49. The van der Waals surface area contributed by atoms with Gasteiger partial charge >= 0.3 is 0 Å². The fourth-order valence-electron chi connectivity index (χ4n) is 2.14. The SMILES string of the molecule is O=S(=O)(NCCN1CCCC1)c1cnn(CCO)c1. The van der Waals surface area contributed by atoms with Crippen LogP contribution in [-0.2, 0) is 16.6 Å². The van der Waals surface area contributed by atoms with Crippen LogP contribution in [0.2, 0.25) is 0 Å². The van der Waals surface area contributed by atoms with Crippen LogP contribution in [0.4, 0.5) is 0 Å². The van der Waals surface area contributed by atoms with Gasteiger partial charge in [0.25, 0.3) is 0 Å². The van der Waals surface area contributed by atoms with Crippen LogP contribution in [0.25, 0.3) is 0 Å². The van der Waals surface area contributed by atoms with Gasteiger partial charge in [-0.2, -0.15) is 5.10 Å². The van der Waals surface area contributed by atoms with E-state index in [2.05, 4.69) is 14.7 Å². The molecule has 1 aromatic rings. The first kappa shape index (κ1) is 14.4. The highest BCUT2D eigenvalue weighted by molar-refractivity contribution is 7.89. The first-order valence-electron chi connectivity index (χ1n) is 6.47. The average Bonchev–Trinajstić information content (AvgIpc) is 3.00. The molecular weight excluding hydrogens is 268 g/mol. The van der Waals surface area contributed by atoms with Crippen molar-refractivity contribution >= 4 is 10.0 Å². The number of likely N-dealkylation sites (tertiary alicyclic amines) is 1. The molecule has 2 rings (SSSR count). The number of nitrogens with one attached hydrogen (secondary N) is 1. The van der Waals surface area contributed by atoms with E-state index in [1.165, 1.54) is 29.9 Å². The fraction of sp³-hybridized carbons (Fsp3) is 0.727. The first-order chi connectivity index (χ1) is 9.12. The third-order valence-corrected chi connectivity index (χ3v) is 4.58. The molecule has 0 radical (unpaired) electrons. The number of rotatable bonds is 7. The van der Waals surface area contributed by atoms with Crippen LogP contribution in [0.3, 0.4) is 0 Å². The van der Waals surface area contributed by atoms with Crippen molar-refractivity contribution in [3.63, 3.8) is 0 Å². The van der Waals surface area contributed by atoms with E-state index >= 15 is 0 Å². The van der Waals surface area contributed by atoms with Crippen LogP contribution < -0.4 is 4.72 Å². The Morgan fingerprint density at radius 3 is 2.74 bits per heavy atom. The number of hydrogen-bond acceptors (Lipinski definition) is 5. The molecule has 0 spiro atoms. The van der Waals surface area contributed by atoms with Gasteiger partial charge in [0.2, 0.25) is 10.0 Å². The predicted octanol–water partition coefficient (Wildman–Crippen LogP) is -0.750. The lowest BCUT2D eigenvalue weighted by Crippen LogP contribution is -2.33. The van der Waals surface area contributed by atoms with Crippen molar-refractivity contribution < 1.29 is 13.5 Å². The highest BCUT2D eigenvalue weighted by Gasteiger charge is 2.17. The predicted molar refractivity (Wildman–Crippen MR) is 70.2 cm³/mol. The zero-order valence-electron chi connectivity index (χ0n) is 10.8. The molecule has 2 heterocycles. The summed E-state index contributed by atoms with van der Waals surface area (Å²) in [6, 6.07) is 0. The third-order valence-electron chi connectivity index (χ3n) is 3.17. The molecule has 2 N–H and O–H groups in total. The molecule has 8 heteroatoms. The minimum atomic E-state index is -3.49. The van der Waals surface area contributed by atoms with Gasteiger partial charge < -0.3 is 10.0 Å². The van der Waals surface area contributed by atoms with Crippen LogP contribution in [0.15, 0.2) is 17.3 Å². The minimum absolute atomic E-state index is 0.0659. The maximum Gasteiger partial charge on any atom is 0.243 e. The quantitative estimate of drug-likeness (QED) is 0.689. The number of aliphatic hydroxyl groups is 1. The van der Waals surface area contributed by atoms with Gasteiger partial charge in [-0.1, -0.05) is 0 Å². The lowest BCUT2D eigenvalue weighted by Gasteiger charge is -2.14. The van der Waals surface area contributed by atoms with Crippen LogP contribution in [0.5, 0.6) is 0 Å². The van der Waals surface area contributed by atoms with E-state index in [0.29, 0.717) is 13.1 Å². The molecular formula is C11H20N4O3S. The molecule has 7 nitrogen and oxygen atoms in total. The van der Waals surface area contributed by atoms with E-state index in [0.717, 1.165) is 19.6 Å². The molecule has 0 bridgehead atoms. The van der Waals surface area contributed by atoms with Crippen molar-refractivity contribution in [3.8, 4) is 0 Å². The van der Waals surface area contributed by atoms with Gasteiger partial charge in [0.1, 0.15) is 4.90 Å². The Labute approximate surface area is 113 Å². The van der Waals surface area contributed by atoms with Crippen LogP contribution >= 0.6 is 0 Å². The summed E-state index contributed by atoms with van der Waals surface area (Å²) < 4.78 is 27.9. The Kier molecular flexibility index (Phi) is 4.92. The Hall–Kier alpha value is -0.960. The normalized spacial score (nSPS) is 17.1. The van der Waals surface area contributed by atoms with Gasteiger partial charge in [-0.25, -0.2) is 13.1 Å². The van der Waals surface area contributed by atoms with Gasteiger partial charge in [-0.3, -0.25) is 4.68 Å². The minimum Gasteiger partial charge on any atom is -0.394 e. The van der Waals surface area contributed by atoms with E-state index in [1.54, 1.807) is 0 Å². The molecule has 0 atom stereocenters. The number of nitrogens with zero attached hydrogens (tertiary/aromatic N) is 3. The summed E-state index contributed by atoms with van der Waals surface area (Å²) in [4.78, 5) is 2.39. The maximum absolute atomic E-state index is 12.0. The van der Waals surface area contributed by atoms with Gasteiger partial charge in [-0.15, -0.1) is 0 Å². The number of sulfonamides is 1. The molecule has 1 aliphatic heterocycles. The van der Waals surface area contributed by atoms with Gasteiger partial charge in [0.05, 0.1) is 19.3 Å². The van der Waals surface area contributed by atoms with Gasteiger partial charge in [-0.05, 0) is 25.9 Å². The Bertz CT molecular complexity index is 494. The van der Waals surface area contributed by atoms with E-state index < -0.39 is 10.0 Å². The second-order valence-electron chi connectivity index (χ2n) is 4.61. The number of hydrogen-bond donors (Lipinski definition) is 2. The van der Waals surface area contributed by atoms with E-state index in [4.69, 9.17) is 5.11 Å². The smallest absolute Gasteiger partial charge is 0.243 e. The summed E-state index contributed by atoms with van der Waals surface area (Å²) in [5, 5.41) is 12.6. The van der Waals surface area contributed by atoms with Crippen molar-refractivity contribution in [2.24, 2.45) is 0 Å². The van der Waals surface area contributed by atoms with Crippen LogP contribution in [0.1, 0.15) is 12.8 Å². The van der Waals surface area contributed by atoms with Crippen LogP contribution in [-0.4, -0.2) is 61.0 Å². The Morgan fingerprint density at radius 1 is 1.32 bits per heavy atom. The molecule has 0 aromatic carbocycles. The molecule has 108 valence electrons.